The van der Waals surface area contributed by atoms with Gasteiger partial charge in [-0.15, -0.1) is 0 Å². The number of carbonyl (C=O) groups is 2. The smallest absolute Gasteiger partial charge is 0.346 e. The maximum Gasteiger partial charge on any atom is 0.346 e. The van der Waals surface area contributed by atoms with Gasteiger partial charge in [-0.3, -0.25) is 4.79 Å². The molecule has 1 aliphatic rings. The second-order valence-corrected chi connectivity index (χ2v) is 6.64. The largest absolute Gasteiger partial charge is 0.423 e. The Kier molecular flexibility index (Phi) is 5.22. The summed E-state index contributed by atoms with van der Waals surface area (Å²) in [6.45, 7) is 1.76. The van der Waals surface area contributed by atoms with E-state index >= 15 is 0 Å². The number of para-hydroxylation sites is 1. The molecule has 3 aromatic carbocycles. The van der Waals surface area contributed by atoms with Gasteiger partial charge in [0, 0.05) is 0 Å². The van der Waals surface area contributed by atoms with Crippen LogP contribution in [0.5, 0.6) is 5.75 Å². The lowest BCUT2D eigenvalue weighted by Crippen LogP contribution is -2.21. The summed E-state index contributed by atoms with van der Waals surface area (Å²) in [5, 5.41) is 5.69. The fraction of sp³-hybridized carbons (Fsp3) is 0.0417. The lowest BCUT2D eigenvalue weighted by molar-refractivity contribution is -0.114. The van der Waals surface area contributed by atoms with Crippen molar-refractivity contribution in [3.8, 4) is 5.75 Å². The normalized spacial score (nSPS) is 14.7. The number of carbonyl (C=O) groups excluding carboxylic acids is 2. The number of hydrogen-bond acceptors (Lipinski definition) is 4. The first-order valence-corrected chi connectivity index (χ1v) is 9.26. The minimum Gasteiger partial charge on any atom is -0.423 e. The van der Waals surface area contributed by atoms with Crippen molar-refractivity contribution in [3.63, 3.8) is 0 Å². The molecule has 0 bridgehead atoms. The fourth-order valence-corrected chi connectivity index (χ4v) is 3.05. The van der Waals surface area contributed by atoms with Crippen molar-refractivity contribution >= 4 is 29.4 Å². The van der Waals surface area contributed by atoms with Crippen molar-refractivity contribution in [3.05, 3.63) is 101 Å². The molecule has 0 fully saturated rings. The molecular formula is C24H17FN2O3. The van der Waals surface area contributed by atoms with Crippen LogP contribution in [-0.4, -0.2) is 17.6 Å². The van der Waals surface area contributed by atoms with E-state index in [0.29, 0.717) is 22.5 Å². The summed E-state index contributed by atoms with van der Waals surface area (Å²) in [6, 6.07) is 21.4. The molecule has 0 saturated carbocycles. The van der Waals surface area contributed by atoms with Crippen LogP contribution in [0, 0.1) is 5.82 Å². The first kappa shape index (κ1) is 19.3. The molecule has 0 spiro atoms. The molecule has 5 nitrogen and oxygen atoms in total. The Labute approximate surface area is 172 Å². The van der Waals surface area contributed by atoms with Crippen molar-refractivity contribution in [1.29, 1.82) is 0 Å². The van der Waals surface area contributed by atoms with Crippen LogP contribution in [0.4, 0.5) is 10.1 Å². The SMILES string of the molecule is CC1=NN(c2ccccc2)C(=O)/C1=C/c1cccc(OC(=O)c2ccccc2F)c1. The predicted molar refractivity (Wildman–Crippen MR) is 113 cm³/mol. The van der Waals surface area contributed by atoms with Crippen LogP contribution >= 0.6 is 0 Å². The summed E-state index contributed by atoms with van der Waals surface area (Å²) in [5.41, 5.74) is 2.21. The highest BCUT2D eigenvalue weighted by Gasteiger charge is 2.28. The summed E-state index contributed by atoms with van der Waals surface area (Å²) in [5.74, 6) is -1.43. The summed E-state index contributed by atoms with van der Waals surface area (Å²) in [7, 11) is 0. The third-order valence-electron chi connectivity index (χ3n) is 4.54. The average Bonchev–Trinajstić information content (AvgIpc) is 3.03. The zero-order valence-electron chi connectivity index (χ0n) is 16.1. The maximum absolute atomic E-state index is 13.8. The highest BCUT2D eigenvalue weighted by atomic mass is 19.1. The van der Waals surface area contributed by atoms with Gasteiger partial charge in [0.2, 0.25) is 0 Å². The minimum atomic E-state index is -0.789. The van der Waals surface area contributed by atoms with Crippen LogP contribution in [-0.2, 0) is 4.79 Å². The van der Waals surface area contributed by atoms with Gasteiger partial charge in [-0.2, -0.15) is 10.1 Å². The van der Waals surface area contributed by atoms with E-state index in [1.807, 2.05) is 18.2 Å². The van der Waals surface area contributed by atoms with Crippen molar-refractivity contribution in [2.45, 2.75) is 6.92 Å². The van der Waals surface area contributed by atoms with Gasteiger partial charge in [-0.1, -0.05) is 42.5 Å². The van der Waals surface area contributed by atoms with Gasteiger partial charge in [-0.25, -0.2) is 9.18 Å². The Morgan fingerprint density at radius 1 is 1.00 bits per heavy atom. The van der Waals surface area contributed by atoms with E-state index in [0.717, 1.165) is 0 Å². The monoisotopic (exact) mass is 400 g/mol. The fourth-order valence-electron chi connectivity index (χ4n) is 3.05. The topological polar surface area (TPSA) is 59.0 Å². The van der Waals surface area contributed by atoms with Gasteiger partial charge in [0.1, 0.15) is 11.6 Å². The molecule has 1 amide bonds. The number of benzene rings is 3. The second-order valence-electron chi connectivity index (χ2n) is 6.64. The molecular weight excluding hydrogens is 383 g/mol. The van der Waals surface area contributed by atoms with Crippen LogP contribution in [0.3, 0.4) is 0 Å². The van der Waals surface area contributed by atoms with Gasteiger partial charge in [0.05, 0.1) is 22.5 Å². The number of amides is 1. The summed E-state index contributed by atoms with van der Waals surface area (Å²) in [6.07, 6.45) is 1.69. The molecule has 0 atom stereocenters. The standard InChI is InChI=1S/C24H17FN2O3/c1-16-21(23(28)27(26-16)18-9-3-2-4-10-18)15-17-8-7-11-19(14-17)30-24(29)20-12-5-6-13-22(20)25/h2-15H,1H3/b21-15+. The van der Waals surface area contributed by atoms with Crippen molar-refractivity contribution in [2.75, 3.05) is 5.01 Å². The van der Waals surface area contributed by atoms with E-state index in [2.05, 4.69) is 5.10 Å². The maximum atomic E-state index is 13.8. The van der Waals surface area contributed by atoms with Crippen molar-refractivity contribution in [2.24, 2.45) is 5.10 Å². The molecule has 0 aliphatic carbocycles. The van der Waals surface area contributed by atoms with Crippen LogP contribution in [0.2, 0.25) is 0 Å². The number of hydrogen-bond donors (Lipinski definition) is 0. The van der Waals surface area contributed by atoms with Crippen LogP contribution in [0.15, 0.2) is 89.5 Å². The first-order valence-electron chi connectivity index (χ1n) is 9.26. The lowest BCUT2D eigenvalue weighted by Gasteiger charge is -2.11. The Morgan fingerprint density at radius 3 is 2.50 bits per heavy atom. The number of hydrazone groups is 1. The quantitative estimate of drug-likeness (QED) is 0.357. The van der Waals surface area contributed by atoms with Gasteiger partial charge in [0.15, 0.2) is 0 Å². The zero-order chi connectivity index (χ0) is 21.1. The third kappa shape index (κ3) is 3.89. The van der Waals surface area contributed by atoms with E-state index < -0.39 is 11.8 Å². The molecule has 0 saturated heterocycles. The number of esters is 1. The third-order valence-corrected chi connectivity index (χ3v) is 4.54. The molecule has 0 N–H and O–H groups in total. The summed E-state index contributed by atoms with van der Waals surface area (Å²) in [4.78, 5) is 25.1. The van der Waals surface area contributed by atoms with Gasteiger partial charge >= 0.3 is 5.97 Å². The number of ether oxygens (including phenoxy) is 1. The Hall–Kier alpha value is -4.06. The Morgan fingerprint density at radius 2 is 1.73 bits per heavy atom. The first-order chi connectivity index (χ1) is 14.5. The van der Waals surface area contributed by atoms with Crippen molar-refractivity contribution < 1.29 is 18.7 Å². The number of nitrogens with zero attached hydrogens (tertiary/aromatic N) is 2. The summed E-state index contributed by atoms with van der Waals surface area (Å²) < 4.78 is 19.1. The molecule has 0 unspecified atom stereocenters. The van der Waals surface area contributed by atoms with Gasteiger partial charge in [0.25, 0.3) is 5.91 Å². The van der Waals surface area contributed by atoms with E-state index in [4.69, 9.17) is 4.74 Å². The van der Waals surface area contributed by atoms with Crippen LogP contribution in [0.25, 0.3) is 6.08 Å². The van der Waals surface area contributed by atoms with Crippen LogP contribution < -0.4 is 9.75 Å². The second kappa shape index (κ2) is 8.13. The highest BCUT2D eigenvalue weighted by molar-refractivity contribution is 6.32. The lowest BCUT2D eigenvalue weighted by atomic mass is 10.1. The molecule has 1 heterocycles. The molecule has 3 aromatic rings. The molecule has 0 radical (unpaired) electrons. The molecule has 0 aromatic heterocycles. The predicted octanol–water partition coefficient (Wildman–Crippen LogP) is 4.85. The molecule has 30 heavy (non-hydrogen) atoms. The van der Waals surface area contributed by atoms with E-state index in [9.17, 15) is 14.0 Å². The molecule has 6 heteroatoms. The molecule has 4 rings (SSSR count). The van der Waals surface area contributed by atoms with E-state index in [-0.39, 0.29) is 17.2 Å². The summed E-state index contributed by atoms with van der Waals surface area (Å²) >= 11 is 0. The number of halogens is 1. The van der Waals surface area contributed by atoms with Crippen molar-refractivity contribution in [1.82, 2.24) is 0 Å². The van der Waals surface area contributed by atoms with Crippen LogP contribution in [0.1, 0.15) is 22.8 Å². The Balaban J connectivity index is 1.57. The van der Waals surface area contributed by atoms with E-state index in [1.54, 1.807) is 55.5 Å². The van der Waals surface area contributed by atoms with E-state index in [1.165, 1.54) is 23.2 Å². The molecule has 148 valence electrons. The highest BCUT2D eigenvalue weighted by Crippen LogP contribution is 2.25. The number of anilines is 1. The molecule has 1 aliphatic heterocycles. The zero-order valence-corrected chi connectivity index (χ0v) is 16.1. The minimum absolute atomic E-state index is 0.145. The Bertz CT molecular complexity index is 1190. The number of rotatable bonds is 4. The van der Waals surface area contributed by atoms with Gasteiger partial charge in [-0.05, 0) is 55.0 Å². The van der Waals surface area contributed by atoms with Gasteiger partial charge < -0.3 is 4.74 Å². The average molecular weight is 400 g/mol.